The maximum Gasteiger partial charge on any atom is 0.411 e. The van der Waals surface area contributed by atoms with Gasteiger partial charge in [-0.25, -0.2) is 0 Å². The second kappa shape index (κ2) is 6.05. The summed E-state index contributed by atoms with van der Waals surface area (Å²) in [5.74, 6) is -0.220. The van der Waals surface area contributed by atoms with Gasteiger partial charge in [0.1, 0.15) is 6.61 Å². The predicted octanol–water partition coefficient (Wildman–Crippen LogP) is 0.433. The first-order chi connectivity index (χ1) is 7.47. The Balaban J connectivity index is 1.87. The highest BCUT2D eigenvalue weighted by Crippen LogP contribution is 2.17. The van der Waals surface area contributed by atoms with E-state index in [1.807, 2.05) is 0 Å². The summed E-state index contributed by atoms with van der Waals surface area (Å²) >= 11 is 0. The molecule has 0 heterocycles. The highest BCUT2D eigenvalue weighted by atomic mass is 19.4. The van der Waals surface area contributed by atoms with Gasteiger partial charge in [0, 0.05) is 12.6 Å². The van der Waals surface area contributed by atoms with Crippen LogP contribution in [0.1, 0.15) is 12.8 Å². The molecule has 0 atom stereocenters. The molecule has 0 saturated heterocycles. The Labute approximate surface area is 91.5 Å². The fourth-order valence-corrected chi connectivity index (χ4v) is 1.04. The van der Waals surface area contributed by atoms with E-state index in [0.29, 0.717) is 6.04 Å². The lowest BCUT2D eigenvalue weighted by Gasteiger charge is -2.08. The van der Waals surface area contributed by atoms with E-state index < -0.39 is 12.8 Å². The summed E-state index contributed by atoms with van der Waals surface area (Å²) in [5.41, 5.74) is 0. The van der Waals surface area contributed by atoms with Crippen LogP contribution in [0.25, 0.3) is 0 Å². The third kappa shape index (κ3) is 7.47. The standard InChI is InChI=1S/C9H15F3N2O2/c10-9(11,12)6-16-4-3-13-8(15)5-14-7-1-2-7/h7,14H,1-6H2,(H,13,15). The second-order valence-electron chi connectivity index (χ2n) is 3.67. The van der Waals surface area contributed by atoms with E-state index in [1.165, 1.54) is 0 Å². The highest BCUT2D eigenvalue weighted by Gasteiger charge is 2.27. The zero-order chi connectivity index (χ0) is 12.0. The summed E-state index contributed by atoms with van der Waals surface area (Å²) in [5, 5.41) is 5.45. The normalized spacial score (nSPS) is 16.2. The molecule has 1 rings (SSSR count). The Kier molecular flexibility index (Phi) is 5.01. The minimum atomic E-state index is -4.31. The molecule has 0 bridgehead atoms. The molecule has 4 nitrogen and oxygen atoms in total. The maximum atomic E-state index is 11.6. The molecule has 1 saturated carbocycles. The lowest BCUT2D eigenvalue weighted by atomic mass is 10.5. The SMILES string of the molecule is O=C(CNC1CC1)NCCOCC(F)(F)F. The van der Waals surface area contributed by atoms with Crippen molar-refractivity contribution in [3.63, 3.8) is 0 Å². The Morgan fingerprint density at radius 2 is 2.06 bits per heavy atom. The van der Waals surface area contributed by atoms with Gasteiger partial charge in [0.25, 0.3) is 0 Å². The molecule has 7 heteroatoms. The van der Waals surface area contributed by atoms with Crippen LogP contribution in [0.2, 0.25) is 0 Å². The van der Waals surface area contributed by atoms with Gasteiger partial charge in [-0.15, -0.1) is 0 Å². The number of nitrogens with one attached hydrogen (secondary N) is 2. The van der Waals surface area contributed by atoms with Crippen molar-refractivity contribution >= 4 is 5.91 Å². The van der Waals surface area contributed by atoms with E-state index in [0.717, 1.165) is 12.8 Å². The van der Waals surface area contributed by atoms with Crippen molar-refractivity contribution in [2.75, 3.05) is 26.3 Å². The first-order valence-electron chi connectivity index (χ1n) is 5.12. The van der Waals surface area contributed by atoms with Crippen LogP contribution in [0.15, 0.2) is 0 Å². The lowest BCUT2D eigenvalue weighted by Crippen LogP contribution is -2.36. The Hall–Kier alpha value is -0.820. The topological polar surface area (TPSA) is 50.4 Å². The summed E-state index contributed by atoms with van der Waals surface area (Å²) in [7, 11) is 0. The number of amides is 1. The molecule has 1 amide bonds. The minimum Gasteiger partial charge on any atom is -0.370 e. The van der Waals surface area contributed by atoms with Crippen molar-refractivity contribution in [2.45, 2.75) is 25.1 Å². The van der Waals surface area contributed by atoms with Crippen molar-refractivity contribution in [3.8, 4) is 0 Å². The van der Waals surface area contributed by atoms with Crippen molar-refractivity contribution in [1.82, 2.24) is 10.6 Å². The van der Waals surface area contributed by atoms with Crippen LogP contribution in [0.3, 0.4) is 0 Å². The molecule has 94 valence electrons. The monoisotopic (exact) mass is 240 g/mol. The molecular formula is C9H15F3N2O2. The highest BCUT2D eigenvalue weighted by molar-refractivity contribution is 5.78. The molecule has 0 radical (unpaired) electrons. The number of ether oxygens (including phenoxy) is 1. The summed E-state index contributed by atoms with van der Waals surface area (Å²) in [6, 6.07) is 0.437. The van der Waals surface area contributed by atoms with Gasteiger partial charge in [-0.05, 0) is 12.8 Å². The minimum absolute atomic E-state index is 0.0985. The number of halogens is 3. The van der Waals surface area contributed by atoms with E-state index in [2.05, 4.69) is 15.4 Å². The lowest BCUT2D eigenvalue weighted by molar-refractivity contribution is -0.173. The van der Waals surface area contributed by atoms with Crippen LogP contribution in [0.4, 0.5) is 13.2 Å². The van der Waals surface area contributed by atoms with Crippen LogP contribution < -0.4 is 10.6 Å². The molecule has 16 heavy (non-hydrogen) atoms. The second-order valence-corrected chi connectivity index (χ2v) is 3.67. The average molecular weight is 240 g/mol. The zero-order valence-corrected chi connectivity index (χ0v) is 8.77. The maximum absolute atomic E-state index is 11.6. The fourth-order valence-electron chi connectivity index (χ4n) is 1.04. The number of hydrogen-bond acceptors (Lipinski definition) is 3. The van der Waals surface area contributed by atoms with Crippen LogP contribution in [-0.2, 0) is 9.53 Å². The molecule has 0 aromatic carbocycles. The number of carbonyl (C=O) groups excluding carboxylic acids is 1. The van der Waals surface area contributed by atoms with E-state index in [4.69, 9.17) is 0 Å². The van der Waals surface area contributed by atoms with Gasteiger partial charge < -0.3 is 15.4 Å². The predicted molar refractivity (Wildman–Crippen MR) is 50.9 cm³/mol. The van der Waals surface area contributed by atoms with E-state index in [9.17, 15) is 18.0 Å². The third-order valence-corrected chi connectivity index (χ3v) is 1.96. The van der Waals surface area contributed by atoms with Gasteiger partial charge in [-0.3, -0.25) is 4.79 Å². The fraction of sp³-hybridized carbons (Fsp3) is 0.889. The quantitative estimate of drug-likeness (QED) is 0.635. The molecule has 1 aliphatic rings. The Bertz CT molecular complexity index is 229. The molecule has 0 aromatic heterocycles. The number of alkyl halides is 3. The van der Waals surface area contributed by atoms with Crippen LogP contribution in [0.5, 0.6) is 0 Å². The van der Waals surface area contributed by atoms with Crippen molar-refractivity contribution in [3.05, 3.63) is 0 Å². The molecule has 0 unspecified atom stereocenters. The largest absolute Gasteiger partial charge is 0.411 e. The third-order valence-electron chi connectivity index (χ3n) is 1.96. The molecule has 1 aliphatic carbocycles. The number of carbonyl (C=O) groups is 1. The average Bonchev–Trinajstić information content (AvgIpc) is 2.95. The smallest absolute Gasteiger partial charge is 0.370 e. The number of rotatable bonds is 7. The molecule has 1 fully saturated rings. The molecular weight excluding hydrogens is 225 g/mol. The van der Waals surface area contributed by atoms with Gasteiger partial charge in [0.2, 0.25) is 5.91 Å². The van der Waals surface area contributed by atoms with Gasteiger partial charge in [-0.2, -0.15) is 13.2 Å². The molecule has 2 N–H and O–H groups in total. The first-order valence-corrected chi connectivity index (χ1v) is 5.12. The summed E-state index contributed by atoms with van der Waals surface area (Å²) < 4.78 is 39.2. The van der Waals surface area contributed by atoms with E-state index in [1.54, 1.807) is 0 Å². The van der Waals surface area contributed by atoms with Gasteiger partial charge in [-0.1, -0.05) is 0 Å². The van der Waals surface area contributed by atoms with E-state index in [-0.39, 0.29) is 25.6 Å². The Morgan fingerprint density at radius 3 is 2.62 bits per heavy atom. The van der Waals surface area contributed by atoms with Gasteiger partial charge in [0.15, 0.2) is 0 Å². The van der Waals surface area contributed by atoms with Crippen molar-refractivity contribution in [1.29, 1.82) is 0 Å². The van der Waals surface area contributed by atoms with Crippen LogP contribution >= 0.6 is 0 Å². The van der Waals surface area contributed by atoms with Crippen molar-refractivity contribution < 1.29 is 22.7 Å². The molecule has 0 spiro atoms. The Morgan fingerprint density at radius 1 is 1.38 bits per heavy atom. The number of hydrogen-bond donors (Lipinski definition) is 2. The first kappa shape index (κ1) is 13.2. The summed E-state index contributed by atoms with van der Waals surface area (Å²) in [6.45, 7) is -1.09. The molecule has 0 aliphatic heterocycles. The summed E-state index contributed by atoms with van der Waals surface area (Å²) in [4.78, 5) is 11.1. The van der Waals surface area contributed by atoms with Crippen molar-refractivity contribution in [2.24, 2.45) is 0 Å². The van der Waals surface area contributed by atoms with Gasteiger partial charge in [0.05, 0.1) is 13.2 Å². The molecule has 0 aromatic rings. The zero-order valence-electron chi connectivity index (χ0n) is 8.77. The van der Waals surface area contributed by atoms with Crippen LogP contribution in [-0.4, -0.2) is 44.4 Å². The van der Waals surface area contributed by atoms with Crippen LogP contribution in [0, 0.1) is 0 Å². The summed E-state index contributed by atoms with van der Waals surface area (Å²) in [6.07, 6.45) is -2.14. The van der Waals surface area contributed by atoms with Gasteiger partial charge >= 0.3 is 6.18 Å². The van der Waals surface area contributed by atoms with E-state index >= 15 is 0 Å².